The Balaban J connectivity index is 1.57. The molecule has 1 unspecified atom stereocenters. The van der Waals surface area contributed by atoms with Gasteiger partial charge in [-0.05, 0) is 42.8 Å². The zero-order chi connectivity index (χ0) is 23.5. The number of amides is 1. The van der Waals surface area contributed by atoms with E-state index in [1.54, 1.807) is 11.0 Å². The van der Waals surface area contributed by atoms with Crippen molar-refractivity contribution in [2.24, 2.45) is 0 Å². The van der Waals surface area contributed by atoms with Crippen molar-refractivity contribution in [2.75, 3.05) is 26.2 Å². The Kier molecular flexibility index (Phi) is 7.86. The second-order valence-electron chi connectivity index (χ2n) is 7.69. The molecule has 0 aliphatic carbocycles. The molecule has 1 fully saturated rings. The van der Waals surface area contributed by atoms with Gasteiger partial charge in [0.25, 0.3) is 16.0 Å². The van der Waals surface area contributed by atoms with Gasteiger partial charge in [-0.15, -0.1) is 0 Å². The summed E-state index contributed by atoms with van der Waals surface area (Å²) in [7, 11) is -4.27. The fraction of sp³-hybridized carbons (Fsp3) is 0.381. The highest BCUT2D eigenvalue weighted by Crippen LogP contribution is 2.25. The number of rotatable bonds is 7. The van der Waals surface area contributed by atoms with Crippen molar-refractivity contribution in [1.29, 1.82) is 0 Å². The third kappa shape index (κ3) is 6.71. The van der Waals surface area contributed by atoms with Crippen molar-refractivity contribution >= 4 is 32.0 Å². The van der Waals surface area contributed by atoms with Crippen molar-refractivity contribution in [1.82, 2.24) is 9.80 Å². The molecule has 1 heterocycles. The lowest BCUT2D eigenvalue weighted by Crippen LogP contribution is -2.54. The van der Waals surface area contributed by atoms with Crippen LogP contribution in [0.5, 0.6) is 5.75 Å². The van der Waals surface area contributed by atoms with Crippen LogP contribution in [0, 0.1) is 11.6 Å². The maximum Gasteiger partial charge on any atom is 0.269 e. The summed E-state index contributed by atoms with van der Waals surface area (Å²) >= 11 is 3.24. The molecule has 2 aromatic carbocycles. The van der Waals surface area contributed by atoms with E-state index in [4.69, 9.17) is 9.29 Å². The molecule has 0 bridgehead atoms. The van der Waals surface area contributed by atoms with Crippen LogP contribution in [0.25, 0.3) is 0 Å². The van der Waals surface area contributed by atoms with Crippen LogP contribution < -0.4 is 4.74 Å². The second kappa shape index (κ2) is 10.2. The van der Waals surface area contributed by atoms with E-state index in [0.29, 0.717) is 36.2 Å². The zero-order valence-corrected chi connectivity index (χ0v) is 19.7. The third-order valence-corrected chi connectivity index (χ3v) is 6.30. The lowest BCUT2D eigenvalue weighted by Gasteiger charge is -2.39. The van der Waals surface area contributed by atoms with Gasteiger partial charge in [-0.25, -0.2) is 8.78 Å². The molecular formula is C21H23BrF2N2O5S. The van der Waals surface area contributed by atoms with Gasteiger partial charge < -0.3 is 9.64 Å². The van der Waals surface area contributed by atoms with Gasteiger partial charge >= 0.3 is 0 Å². The summed E-state index contributed by atoms with van der Waals surface area (Å²) in [5.74, 6) is -2.46. The maximum atomic E-state index is 13.4. The Labute approximate surface area is 193 Å². The van der Waals surface area contributed by atoms with Gasteiger partial charge in [0.2, 0.25) is 0 Å². The molecule has 1 atom stereocenters. The molecule has 0 aromatic heterocycles. The van der Waals surface area contributed by atoms with E-state index in [9.17, 15) is 22.0 Å². The number of halogens is 3. The van der Waals surface area contributed by atoms with Gasteiger partial charge in [0, 0.05) is 42.3 Å². The highest BCUT2D eigenvalue weighted by Gasteiger charge is 2.28. The number of carbonyl (C=O) groups is 1. The number of hydrogen-bond acceptors (Lipinski definition) is 5. The van der Waals surface area contributed by atoms with E-state index in [2.05, 4.69) is 20.8 Å². The largest absolute Gasteiger partial charge is 0.483 e. The van der Waals surface area contributed by atoms with Gasteiger partial charge in [0.05, 0.1) is 0 Å². The summed E-state index contributed by atoms with van der Waals surface area (Å²) < 4.78 is 64.4. The lowest BCUT2D eigenvalue weighted by molar-refractivity contribution is -0.138. The normalized spacial score (nSPS) is 17.4. The first-order chi connectivity index (χ1) is 15.0. The molecule has 1 saturated heterocycles. The lowest BCUT2D eigenvalue weighted by atomic mass is 10.1. The Bertz CT molecular complexity index is 1100. The number of ether oxygens (including phenoxy) is 1. The van der Waals surface area contributed by atoms with E-state index in [1.807, 2.05) is 6.92 Å². The van der Waals surface area contributed by atoms with Crippen LogP contribution in [0.2, 0.25) is 0 Å². The molecule has 0 radical (unpaired) electrons. The molecule has 32 heavy (non-hydrogen) atoms. The highest BCUT2D eigenvalue weighted by atomic mass is 79.9. The predicted molar refractivity (Wildman–Crippen MR) is 118 cm³/mol. The topological polar surface area (TPSA) is 87.2 Å². The molecule has 3 rings (SSSR count). The average Bonchev–Trinajstić information content (AvgIpc) is 2.69. The molecule has 1 aliphatic rings. The van der Waals surface area contributed by atoms with Crippen molar-refractivity contribution in [3.05, 3.63) is 63.6 Å². The molecule has 0 saturated carbocycles. The zero-order valence-electron chi connectivity index (χ0n) is 17.3. The number of nitrogens with zero attached hydrogens (tertiary/aromatic N) is 2. The molecule has 1 aliphatic heterocycles. The summed E-state index contributed by atoms with van der Waals surface area (Å²) in [6.07, 6.45) is 0. The monoisotopic (exact) mass is 532 g/mol. The Morgan fingerprint density at radius 3 is 2.59 bits per heavy atom. The number of benzene rings is 2. The summed E-state index contributed by atoms with van der Waals surface area (Å²) in [5.41, 5.74) is 0.889. The number of hydrogen-bond donors (Lipinski definition) is 1. The van der Waals surface area contributed by atoms with E-state index < -0.39 is 27.5 Å². The van der Waals surface area contributed by atoms with Crippen LogP contribution in [0.3, 0.4) is 0 Å². The van der Waals surface area contributed by atoms with Crippen LogP contribution in [0.4, 0.5) is 8.78 Å². The highest BCUT2D eigenvalue weighted by molar-refractivity contribution is 9.10. The molecule has 7 nitrogen and oxygen atoms in total. The van der Waals surface area contributed by atoms with Crippen molar-refractivity contribution in [3.63, 3.8) is 0 Å². The summed E-state index contributed by atoms with van der Waals surface area (Å²) in [5, 5.41) is 0. The minimum atomic E-state index is -4.27. The maximum absolute atomic E-state index is 13.4. The molecule has 11 heteroatoms. The molecule has 0 spiro atoms. The SMILES string of the molecule is CC1CN(Cc2ccc(F)c(F)c2)CCN1C(=O)COc1ccc(Br)cc1CS(=O)(=O)O. The summed E-state index contributed by atoms with van der Waals surface area (Å²) in [4.78, 5) is 16.4. The van der Waals surface area contributed by atoms with Crippen LogP contribution in [0.1, 0.15) is 18.1 Å². The Morgan fingerprint density at radius 1 is 1.19 bits per heavy atom. The Morgan fingerprint density at radius 2 is 1.94 bits per heavy atom. The first kappa shape index (κ1) is 24.6. The van der Waals surface area contributed by atoms with Crippen LogP contribution >= 0.6 is 15.9 Å². The van der Waals surface area contributed by atoms with Gasteiger partial charge in [0.15, 0.2) is 18.2 Å². The molecule has 1 amide bonds. The van der Waals surface area contributed by atoms with E-state index in [0.717, 1.165) is 6.07 Å². The molecule has 2 aromatic rings. The molecular weight excluding hydrogens is 510 g/mol. The van der Waals surface area contributed by atoms with E-state index in [1.165, 1.54) is 24.3 Å². The van der Waals surface area contributed by atoms with Crippen LogP contribution in [-0.2, 0) is 27.2 Å². The van der Waals surface area contributed by atoms with Crippen molar-refractivity contribution in [2.45, 2.75) is 25.3 Å². The van der Waals surface area contributed by atoms with Gasteiger partial charge in [-0.3, -0.25) is 14.2 Å². The van der Waals surface area contributed by atoms with Crippen LogP contribution in [-0.4, -0.2) is 61.0 Å². The molecule has 1 N–H and O–H groups in total. The second-order valence-corrected chi connectivity index (χ2v) is 10.1. The Hall–Kier alpha value is -2.08. The standard InChI is InChI=1S/C21H23BrF2N2O5S/c1-14-10-25(11-15-2-4-18(23)19(24)8-15)6-7-26(14)21(27)12-31-20-5-3-17(22)9-16(20)13-32(28,29)30/h2-5,8-9,14H,6-7,10-13H2,1H3,(H,28,29,30). The van der Waals surface area contributed by atoms with Crippen LogP contribution in [0.15, 0.2) is 40.9 Å². The smallest absolute Gasteiger partial charge is 0.269 e. The summed E-state index contributed by atoms with van der Waals surface area (Å²) in [6, 6.07) is 8.36. The van der Waals surface area contributed by atoms with Gasteiger partial charge in [-0.1, -0.05) is 22.0 Å². The average molecular weight is 533 g/mol. The van der Waals surface area contributed by atoms with E-state index >= 15 is 0 Å². The minimum absolute atomic E-state index is 0.132. The number of carbonyl (C=O) groups excluding carboxylic acids is 1. The third-order valence-electron chi connectivity index (χ3n) is 5.13. The molecule has 174 valence electrons. The van der Waals surface area contributed by atoms with Gasteiger partial charge in [-0.2, -0.15) is 8.42 Å². The first-order valence-corrected chi connectivity index (χ1v) is 12.2. The first-order valence-electron chi connectivity index (χ1n) is 9.84. The predicted octanol–water partition coefficient (Wildman–Crippen LogP) is 3.23. The quantitative estimate of drug-likeness (QED) is 0.551. The van der Waals surface area contributed by atoms with Crippen molar-refractivity contribution < 1.29 is 31.3 Å². The fourth-order valence-electron chi connectivity index (χ4n) is 3.66. The van der Waals surface area contributed by atoms with Gasteiger partial charge in [0.1, 0.15) is 11.5 Å². The number of piperazine rings is 1. The fourth-order valence-corrected chi connectivity index (χ4v) is 4.69. The minimum Gasteiger partial charge on any atom is -0.483 e. The summed E-state index contributed by atoms with van der Waals surface area (Å²) in [6.45, 7) is 3.59. The van der Waals surface area contributed by atoms with E-state index in [-0.39, 0.29) is 29.9 Å². The van der Waals surface area contributed by atoms with Crippen molar-refractivity contribution in [3.8, 4) is 5.75 Å².